The molecule has 1 spiro atoms. The lowest BCUT2D eigenvalue weighted by molar-refractivity contribution is -0.160. The first kappa shape index (κ1) is 21.4. The molecule has 1 saturated heterocycles. The van der Waals surface area contributed by atoms with Crippen molar-refractivity contribution in [3.05, 3.63) is 0 Å². The van der Waals surface area contributed by atoms with Gasteiger partial charge in [-0.2, -0.15) is 0 Å². The minimum absolute atomic E-state index is 0.000485. The Bertz CT molecular complexity index is 631. The summed E-state index contributed by atoms with van der Waals surface area (Å²) in [5.41, 5.74) is 4.88. The minimum atomic E-state index is -0.896. The molecule has 2 aliphatic rings. The Morgan fingerprint density at radius 1 is 1.19 bits per heavy atom. The number of carbonyl (C=O) groups is 4. The molecule has 0 aromatic heterocycles. The molecule has 0 radical (unpaired) electrons. The number of piperidine rings is 1. The van der Waals surface area contributed by atoms with Crippen LogP contribution in [0.1, 0.15) is 66.7 Å². The van der Waals surface area contributed by atoms with Crippen LogP contribution in [0.2, 0.25) is 0 Å². The molecule has 0 aromatic rings. The van der Waals surface area contributed by atoms with Crippen LogP contribution < -0.4 is 11.1 Å². The van der Waals surface area contributed by atoms with Gasteiger partial charge in [0.2, 0.25) is 23.6 Å². The monoisotopic (exact) mass is 379 g/mol. The third kappa shape index (κ3) is 4.50. The third-order valence-corrected chi connectivity index (χ3v) is 5.77. The highest BCUT2D eigenvalue weighted by Gasteiger charge is 2.66. The van der Waals surface area contributed by atoms with Crippen molar-refractivity contribution in [3.8, 4) is 0 Å². The van der Waals surface area contributed by atoms with Gasteiger partial charge in [-0.15, -0.1) is 0 Å². The fraction of sp³-hybridized carbons (Fsp3) is 0.800. The second-order valence-corrected chi connectivity index (χ2v) is 9.02. The lowest BCUT2D eigenvalue weighted by Gasteiger charge is -2.37. The number of hydrogen-bond acceptors (Lipinski definition) is 4. The van der Waals surface area contributed by atoms with Crippen molar-refractivity contribution >= 4 is 23.6 Å². The van der Waals surface area contributed by atoms with Gasteiger partial charge in [-0.05, 0) is 43.4 Å². The average molecular weight is 380 g/mol. The van der Waals surface area contributed by atoms with Gasteiger partial charge in [-0.3, -0.25) is 24.1 Å². The van der Waals surface area contributed by atoms with Crippen LogP contribution in [0.25, 0.3) is 0 Å². The van der Waals surface area contributed by atoms with Crippen molar-refractivity contribution in [2.45, 2.75) is 78.8 Å². The molecule has 0 aromatic carbocycles. The van der Waals surface area contributed by atoms with Crippen LogP contribution in [-0.4, -0.2) is 40.6 Å². The Morgan fingerprint density at radius 3 is 2.26 bits per heavy atom. The molecule has 3 N–H and O–H groups in total. The molecule has 7 heteroatoms. The number of nitrogens with two attached hydrogens (primary N) is 1. The number of hydrogen-bond donors (Lipinski definition) is 2. The molecule has 1 aliphatic heterocycles. The molecular weight excluding hydrogens is 346 g/mol. The highest BCUT2D eigenvalue weighted by atomic mass is 16.2. The van der Waals surface area contributed by atoms with Crippen LogP contribution in [0, 0.1) is 23.2 Å². The molecule has 7 nitrogen and oxygen atoms in total. The van der Waals surface area contributed by atoms with E-state index < -0.39 is 17.4 Å². The highest BCUT2D eigenvalue weighted by molar-refractivity contribution is 6.05. The molecule has 2 rings (SSSR count). The molecular formula is C20H33N3O4. The lowest BCUT2D eigenvalue weighted by Crippen LogP contribution is -2.57. The van der Waals surface area contributed by atoms with E-state index >= 15 is 0 Å². The zero-order valence-electron chi connectivity index (χ0n) is 17.1. The summed E-state index contributed by atoms with van der Waals surface area (Å²) in [5, 5.41) is 2.99. The normalized spacial score (nSPS) is 27.2. The van der Waals surface area contributed by atoms with Crippen molar-refractivity contribution in [3.63, 3.8) is 0 Å². The van der Waals surface area contributed by atoms with Gasteiger partial charge in [0.25, 0.3) is 0 Å². The van der Waals surface area contributed by atoms with Gasteiger partial charge in [0.15, 0.2) is 0 Å². The molecule has 0 unspecified atom stereocenters. The predicted octanol–water partition coefficient (Wildman–Crippen LogP) is 1.59. The number of primary amides is 1. The van der Waals surface area contributed by atoms with Gasteiger partial charge < -0.3 is 11.1 Å². The number of likely N-dealkylation sites (tertiary alicyclic amines) is 1. The standard InChI is InChI=1S/C20H33N3O4/c1-11(2)8-15(22-13(5)24)14-10-20(14)7-6-17(25)23(19(20)27)16(18(21)26)9-12(3)4/h11-12,14-16H,6-10H2,1-5H3,(H2,21,26)(H,22,24)/t14-,15+,16+,20+/m1/s1. The van der Waals surface area contributed by atoms with E-state index in [1.165, 1.54) is 6.92 Å². The summed E-state index contributed by atoms with van der Waals surface area (Å²) >= 11 is 0. The largest absolute Gasteiger partial charge is 0.368 e. The van der Waals surface area contributed by atoms with Crippen LogP contribution in [-0.2, 0) is 19.2 Å². The Hall–Kier alpha value is -1.92. The molecule has 152 valence electrons. The van der Waals surface area contributed by atoms with Crippen molar-refractivity contribution in [2.75, 3.05) is 0 Å². The Labute approximate surface area is 161 Å². The van der Waals surface area contributed by atoms with E-state index in [9.17, 15) is 19.2 Å². The summed E-state index contributed by atoms with van der Waals surface area (Å²) in [7, 11) is 0. The fourth-order valence-corrected chi connectivity index (χ4v) is 4.51. The number of nitrogens with zero attached hydrogens (tertiary/aromatic N) is 1. The first-order valence-electron chi connectivity index (χ1n) is 9.92. The number of rotatable bonds is 8. The molecule has 27 heavy (non-hydrogen) atoms. The summed E-state index contributed by atoms with van der Waals surface area (Å²) < 4.78 is 0. The van der Waals surface area contributed by atoms with Gasteiger partial charge in [-0.1, -0.05) is 27.7 Å². The summed E-state index contributed by atoms with van der Waals surface area (Å²) in [4.78, 5) is 50.6. The Morgan fingerprint density at radius 2 is 1.78 bits per heavy atom. The van der Waals surface area contributed by atoms with Crippen LogP contribution in [0.4, 0.5) is 0 Å². The maximum Gasteiger partial charge on any atom is 0.240 e. The van der Waals surface area contributed by atoms with Crippen molar-refractivity contribution in [1.82, 2.24) is 10.2 Å². The number of amides is 4. The molecule has 0 bridgehead atoms. The van der Waals surface area contributed by atoms with E-state index in [0.29, 0.717) is 25.2 Å². The first-order valence-corrected chi connectivity index (χ1v) is 9.92. The number of carbonyl (C=O) groups excluding carboxylic acids is 4. The summed E-state index contributed by atoms with van der Waals surface area (Å²) in [5.74, 6) is -0.860. The maximum atomic E-state index is 13.3. The third-order valence-electron chi connectivity index (χ3n) is 5.77. The maximum absolute atomic E-state index is 13.3. The zero-order chi connectivity index (χ0) is 20.5. The zero-order valence-corrected chi connectivity index (χ0v) is 17.1. The van der Waals surface area contributed by atoms with E-state index in [1.807, 2.05) is 13.8 Å². The van der Waals surface area contributed by atoms with Crippen molar-refractivity contribution < 1.29 is 19.2 Å². The van der Waals surface area contributed by atoms with E-state index in [-0.39, 0.29) is 42.0 Å². The second-order valence-electron chi connectivity index (χ2n) is 9.02. The topological polar surface area (TPSA) is 110 Å². The SMILES string of the molecule is CC(=O)N[C@@H](CC(C)C)[C@H]1C[C@@]12CCC(=O)N([C@@H](CC(C)C)C(N)=O)C2=O. The predicted molar refractivity (Wildman–Crippen MR) is 101 cm³/mol. The summed E-state index contributed by atoms with van der Waals surface area (Å²) in [6.07, 6.45) is 2.50. The van der Waals surface area contributed by atoms with Crippen LogP contribution in [0.5, 0.6) is 0 Å². The molecule has 1 heterocycles. The fourth-order valence-electron chi connectivity index (χ4n) is 4.51. The Balaban J connectivity index is 2.26. The number of imide groups is 1. The van der Waals surface area contributed by atoms with Gasteiger partial charge in [0, 0.05) is 19.4 Å². The van der Waals surface area contributed by atoms with Gasteiger partial charge in [0.1, 0.15) is 6.04 Å². The van der Waals surface area contributed by atoms with Gasteiger partial charge in [0.05, 0.1) is 5.41 Å². The number of nitrogens with one attached hydrogen (secondary N) is 1. The van der Waals surface area contributed by atoms with Crippen molar-refractivity contribution in [2.24, 2.45) is 28.9 Å². The van der Waals surface area contributed by atoms with Crippen LogP contribution >= 0.6 is 0 Å². The van der Waals surface area contributed by atoms with E-state index in [0.717, 1.165) is 11.3 Å². The van der Waals surface area contributed by atoms with E-state index in [2.05, 4.69) is 19.2 Å². The molecule has 1 aliphatic carbocycles. The lowest BCUT2D eigenvalue weighted by atomic mass is 9.85. The minimum Gasteiger partial charge on any atom is -0.368 e. The second kappa shape index (κ2) is 7.98. The smallest absolute Gasteiger partial charge is 0.240 e. The van der Waals surface area contributed by atoms with Crippen LogP contribution in [0.15, 0.2) is 0 Å². The quantitative estimate of drug-likeness (QED) is 0.624. The summed E-state index contributed by atoms with van der Waals surface area (Å²) in [6.45, 7) is 9.49. The van der Waals surface area contributed by atoms with Gasteiger partial charge in [-0.25, -0.2) is 0 Å². The highest BCUT2D eigenvalue weighted by Crippen LogP contribution is 2.61. The van der Waals surface area contributed by atoms with Crippen LogP contribution in [0.3, 0.4) is 0 Å². The van der Waals surface area contributed by atoms with Crippen molar-refractivity contribution in [1.29, 1.82) is 0 Å². The summed E-state index contributed by atoms with van der Waals surface area (Å²) in [6, 6.07) is -0.994. The Kier molecular flexibility index (Phi) is 6.32. The van der Waals surface area contributed by atoms with E-state index in [1.54, 1.807) is 0 Å². The van der Waals surface area contributed by atoms with E-state index in [4.69, 9.17) is 5.73 Å². The van der Waals surface area contributed by atoms with Gasteiger partial charge >= 0.3 is 0 Å². The average Bonchev–Trinajstić information content (AvgIpc) is 3.24. The molecule has 4 atom stereocenters. The molecule has 2 fully saturated rings. The first-order chi connectivity index (χ1) is 12.5. The molecule has 1 saturated carbocycles. The molecule has 4 amide bonds.